The van der Waals surface area contributed by atoms with Gasteiger partial charge in [-0.05, 0) is 69.1 Å². The number of carbonyl (C=O) groups excluding carboxylic acids is 1. The van der Waals surface area contributed by atoms with E-state index < -0.39 is 0 Å². The fraction of sp³-hybridized carbons (Fsp3) is 0.938. The third kappa shape index (κ3) is 4.74. The molecule has 0 aromatic heterocycles. The normalized spacial score (nSPS) is 25.1. The van der Waals surface area contributed by atoms with E-state index in [0.29, 0.717) is 17.8 Å². The van der Waals surface area contributed by atoms with Gasteiger partial charge < -0.3 is 16.0 Å². The zero-order valence-electron chi connectivity index (χ0n) is 13.1. The van der Waals surface area contributed by atoms with Crippen LogP contribution in [0.5, 0.6) is 0 Å². The van der Waals surface area contributed by atoms with Crippen molar-refractivity contribution >= 4 is 5.91 Å². The lowest BCUT2D eigenvalue weighted by Gasteiger charge is -2.34. The molecular formula is C16H31N3O. The lowest BCUT2D eigenvalue weighted by atomic mass is 9.80. The quantitative estimate of drug-likeness (QED) is 0.716. The highest BCUT2D eigenvalue weighted by molar-refractivity contribution is 5.76. The van der Waals surface area contributed by atoms with E-state index in [1.807, 2.05) is 0 Å². The molecule has 116 valence electrons. The monoisotopic (exact) mass is 281 g/mol. The molecule has 2 rings (SSSR count). The van der Waals surface area contributed by atoms with E-state index in [0.717, 1.165) is 51.5 Å². The third-order valence-electron chi connectivity index (χ3n) is 5.22. The van der Waals surface area contributed by atoms with E-state index in [2.05, 4.69) is 29.8 Å². The first kappa shape index (κ1) is 15.8. The van der Waals surface area contributed by atoms with E-state index in [1.54, 1.807) is 0 Å². The van der Waals surface area contributed by atoms with Crippen LogP contribution in [0.4, 0.5) is 0 Å². The molecule has 1 amide bonds. The van der Waals surface area contributed by atoms with Crippen LogP contribution < -0.4 is 16.0 Å². The predicted octanol–water partition coefficient (Wildman–Crippen LogP) is 1.52. The van der Waals surface area contributed by atoms with Crippen LogP contribution in [0.25, 0.3) is 0 Å². The fourth-order valence-electron chi connectivity index (χ4n) is 3.46. The summed E-state index contributed by atoms with van der Waals surface area (Å²) in [4.78, 5) is 12.1. The Hall–Kier alpha value is -0.610. The summed E-state index contributed by atoms with van der Waals surface area (Å²) in [6, 6.07) is 0. The molecule has 4 nitrogen and oxygen atoms in total. The molecule has 2 fully saturated rings. The van der Waals surface area contributed by atoms with Crippen molar-refractivity contribution < 1.29 is 4.79 Å². The molecule has 0 saturated carbocycles. The zero-order chi connectivity index (χ0) is 14.4. The first-order valence-electron chi connectivity index (χ1n) is 8.27. The van der Waals surface area contributed by atoms with Crippen LogP contribution >= 0.6 is 0 Å². The minimum absolute atomic E-state index is 0.246. The van der Waals surface area contributed by atoms with E-state index in [-0.39, 0.29) is 5.91 Å². The molecule has 20 heavy (non-hydrogen) atoms. The maximum absolute atomic E-state index is 12.1. The van der Waals surface area contributed by atoms with Gasteiger partial charge in [-0.15, -0.1) is 0 Å². The molecule has 1 atom stereocenters. The van der Waals surface area contributed by atoms with Gasteiger partial charge >= 0.3 is 0 Å². The van der Waals surface area contributed by atoms with Crippen LogP contribution in [0.15, 0.2) is 0 Å². The molecule has 1 unspecified atom stereocenters. The molecule has 4 heteroatoms. The molecule has 2 heterocycles. The minimum Gasteiger partial charge on any atom is -0.356 e. The molecule has 2 aliphatic rings. The molecule has 0 radical (unpaired) electrons. The van der Waals surface area contributed by atoms with Gasteiger partial charge in [-0.25, -0.2) is 0 Å². The summed E-state index contributed by atoms with van der Waals surface area (Å²) in [6.07, 6.45) is 5.46. The van der Waals surface area contributed by atoms with Crippen LogP contribution in [0.2, 0.25) is 0 Å². The third-order valence-corrected chi connectivity index (χ3v) is 5.22. The molecule has 3 N–H and O–H groups in total. The highest BCUT2D eigenvalue weighted by Gasteiger charge is 2.28. The first-order valence-corrected chi connectivity index (χ1v) is 8.27. The van der Waals surface area contributed by atoms with Crippen molar-refractivity contribution in [2.75, 3.05) is 32.7 Å². The second kappa shape index (κ2) is 7.41. The van der Waals surface area contributed by atoms with Crippen molar-refractivity contribution in [3.8, 4) is 0 Å². The van der Waals surface area contributed by atoms with Crippen LogP contribution in [-0.4, -0.2) is 38.6 Å². The fourth-order valence-corrected chi connectivity index (χ4v) is 3.46. The summed E-state index contributed by atoms with van der Waals surface area (Å²) < 4.78 is 0. The maximum Gasteiger partial charge on any atom is 0.220 e. The Morgan fingerprint density at radius 2 is 1.80 bits per heavy atom. The summed E-state index contributed by atoms with van der Waals surface area (Å²) in [5.41, 5.74) is 0.291. The molecule has 2 saturated heterocycles. The number of carbonyl (C=O) groups is 1. The summed E-state index contributed by atoms with van der Waals surface area (Å²) >= 11 is 0. The lowest BCUT2D eigenvalue weighted by molar-refractivity contribution is -0.122. The largest absolute Gasteiger partial charge is 0.356 e. The van der Waals surface area contributed by atoms with Crippen molar-refractivity contribution in [3.05, 3.63) is 0 Å². The summed E-state index contributed by atoms with van der Waals surface area (Å²) in [5, 5.41) is 9.95. The van der Waals surface area contributed by atoms with Crippen molar-refractivity contribution in [2.24, 2.45) is 17.3 Å². The second-order valence-corrected chi connectivity index (χ2v) is 7.11. The predicted molar refractivity (Wildman–Crippen MR) is 82.6 cm³/mol. The minimum atomic E-state index is 0.246. The molecule has 0 spiro atoms. The van der Waals surface area contributed by atoms with Gasteiger partial charge in [-0.3, -0.25) is 4.79 Å². The first-order chi connectivity index (χ1) is 9.59. The van der Waals surface area contributed by atoms with Gasteiger partial charge in [0.25, 0.3) is 0 Å². The molecule has 2 aliphatic heterocycles. The van der Waals surface area contributed by atoms with Crippen LogP contribution in [0.1, 0.15) is 46.0 Å². The number of hydrogen-bond acceptors (Lipinski definition) is 3. The van der Waals surface area contributed by atoms with Gasteiger partial charge in [0, 0.05) is 13.0 Å². The number of hydrogen-bond donors (Lipinski definition) is 3. The number of amides is 1. The van der Waals surface area contributed by atoms with Crippen molar-refractivity contribution in [1.82, 2.24) is 16.0 Å². The Balaban J connectivity index is 1.69. The summed E-state index contributed by atoms with van der Waals surface area (Å²) in [7, 11) is 0. The molecular weight excluding hydrogens is 250 g/mol. The Kier molecular flexibility index (Phi) is 5.85. The lowest BCUT2D eigenvalue weighted by Crippen LogP contribution is -2.43. The molecule has 0 aromatic carbocycles. The van der Waals surface area contributed by atoms with Crippen molar-refractivity contribution in [3.63, 3.8) is 0 Å². The Morgan fingerprint density at radius 1 is 1.20 bits per heavy atom. The highest BCUT2D eigenvalue weighted by atomic mass is 16.1. The van der Waals surface area contributed by atoms with Crippen LogP contribution in [-0.2, 0) is 4.79 Å². The average molecular weight is 281 g/mol. The van der Waals surface area contributed by atoms with E-state index in [4.69, 9.17) is 0 Å². The highest BCUT2D eigenvalue weighted by Crippen LogP contribution is 2.27. The zero-order valence-corrected chi connectivity index (χ0v) is 13.1. The summed E-state index contributed by atoms with van der Waals surface area (Å²) in [6.45, 7) is 9.76. The number of rotatable bonds is 5. The second-order valence-electron chi connectivity index (χ2n) is 7.11. The van der Waals surface area contributed by atoms with Crippen molar-refractivity contribution in [2.45, 2.75) is 46.0 Å². The van der Waals surface area contributed by atoms with Crippen molar-refractivity contribution in [1.29, 1.82) is 0 Å². The number of nitrogens with one attached hydrogen (secondary N) is 3. The Morgan fingerprint density at radius 3 is 2.45 bits per heavy atom. The maximum atomic E-state index is 12.1. The van der Waals surface area contributed by atoms with Gasteiger partial charge in [0.2, 0.25) is 5.91 Å². The van der Waals surface area contributed by atoms with Gasteiger partial charge in [-0.1, -0.05) is 13.8 Å². The molecule has 0 aromatic rings. The van der Waals surface area contributed by atoms with Crippen LogP contribution in [0.3, 0.4) is 0 Å². The smallest absolute Gasteiger partial charge is 0.220 e. The van der Waals surface area contributed by atoms with Gasteiger partial charge in [-0.2, -0.15) is 0 Å². The van der Waals surface area contributed by atoms with Crippen LogP contribution in [0, 0.1) is 17.3 Å². The summed E-state index contributed by atoms with van der Waals surface area (Å²) in [5.74, 6) is 1.48. The molecule has 0 aliphatic carbocycles. The SMILES string of the molecule is CC(CC(=O)NCC1(C)CCNCC1)C1CCNCC1. The van der Waals surface area contributed by atoms with Gasteiger partial charge in [0.05, 0.1) is 0 Å². The van der Waals surface area contributed by atoms with E-state index in [9.17, 15) is 4.79 Å². The molecule has 0 bridgehead atoms. The number of piperidine rings is 2. The van der Waals surface area contributed by atoms with E-state index >= 15 is 0 Å². The standard InChI is InChI=1S/C16H31N3O/c1-13(14-3-7-17-8-4-14)11-15(20)19-12-16(2)5-9-18-10-6-16/h13-14,17-18H,3-12H2,1-2H3,(H,19,20). The Bertz CT molecular complexity index is 307. The van der Waals surface area contributed by atoms with Gasteiger partial charge in [0.15, 0.2) is 0 Å². The average Bonchev–Trinajstić information content (AvgIpc) is 2.47. The Labute approximate surface area is 123 Å². The topological polar surface area (TPSA) is 53.2 Å². The van der Waals surface area contributed by atoms with Gasteiger partial charge in [0.1, 0.15) is 0 Å². The van der Waals surface area contributed by atoms with E-state index in [1.165, 1.54) is 12.8 Å².